The number of para-hydroxylation sites is 1. The molecule has 6 nitrogen and oxygen atoms in total. The molecule has 1 aromatic heterocycles. The number of aromatic nitrogens is 1. The number of nitrogens with two attached hydrogens (primary N) is 1. The Kier molecular flexibility index (Phi) is 6.08. The smallest absolute Gasteiger partial charge is 0.260 e. The van der Waals surface area contributed by atoms with Crippen LogP contribution in [0.4, 0.5) is 4.39 Å². The minimum absolute atomic E-state index is 0.0501. The second-order valence-electron chi connectivity index (χ2n) is 8.31. The molecule has 0 bridgehead atoms. The maximum absolute atomic E-state index is 13.6. The lowest BCUT2D eigenvalue weighted by Crippen LogP contribution is -2.42. The summed E-state index contributed by atoms with van der Waals surface area (Å²) < 4.78 is 19.4. The summed E-state index contributed by atoms with van der Waals surface area (Å²) in [7, 11) is 0. The van der Waals surface area contributed by atoms with Crippen molar-refractivity contribution < 1.29 is 18.7 Å². The zero-order valence-electron chi connectivity index (χ0n) is 18.2. The zero-order chi connectivity index (χ0) is 22.8. The standard InChI is InChI=1S/C25H26FN3O3/c1-15-5-3-6-16(2)24(15)32-14-22(30)29-10-4-7-17(13-29)23-20(25(27)31)12-18-11-19(26)8-9-21(18)28-23/h3,5-6,8-9,11-12,17H,4,7,10,13-14H2,1-2H3,(H2,27,31)/t17-/m1/s1. The highest BCUT2D eigenvalue weighted by molar-refractivity contribution is 5.98. The minimum Gasteiger partial charge on any atom is -0.483 e. The molecule has 0 aliphatic carbocycles. The molecule has 2 amide bonds. The predicted octanol–water partition coefficient (Wildman–Crippen LogP) is 3.87. The van der Waals surface area contributed by atoms with E-state index in [0.29, 0.717) is 29.7 Å². The van der Waals surface area contributed by atoms with Crippen molar-refractivity contribution in [1.29, 1.82) is 0 Å². The van der Waals surface area contributed by atoms with Crippen LogP contribution in [0.15, 0.2) is 42.5 Å². The fourth-order valence-electron chi connectivity index (χ4n) is 4.35. The number of nitrogens with zero attached hydrogens (tertiary/aromatic N) is 2. The van der Waals surface area contributed by atoms with Crippen LogP contribution in [0.5, 0.6) is 5.75 Å². The first-order chi connectivity index (χ1) is 15.3. The fourth-order valence-corrected chi connectivity index (χ4v) is 4.35. The van der Waals surface area contributed by atoms with E-state index in [1.807, 2.05) is 32.0 Å². The summed E-state index contributed by atoms with van der Waals surface area (Å²) in [5.41, 5.74) is 9.00. The van der Waals surface area contributed by atoms with Crippen molar-refractivity contribution in [3.05, 3.63) is 70.7 Å². The van der Waals surface area contributed by atoms with Crippen LogP contribution < -0.4 is 10.5 Å². The number of likely N-dealkylation sites (tertiary alicyclic amines) is 1. The number of halogens is 1. The number of carbonyl (C=O) groups excluding carboxylic acids is 2. The second-order valence-corrected chi connectivity index (χ2v) is 8.31. The van der Waals surface area contributed by atoms with Crippen molar-refractivity contribution in [2.45, 2.75) is 32.6 Å². The highest BCUT2D eigenvalue weighted by Crippen LogP contribution is 2.30. The van der Waals surface area contributed by atoms with E-state index < -0.39 is 11.7 Å². The largest absolute Gasteiger partial charge is 0.483 e. The summed E-state index contributed by atoms with van der Waals surface area (Å²) in [4.78, 5) is 31.4. The molecule has 1 fully saturated rings. The molecule has 1 atom stereocenters. The Morgan fingerprint density at radius 1 is 1.19 bits per heavy atom. The Morgan fingerprint density at radius 2 is 1.94 bits per heavy atom. The number of rotatable bonds is 5. The lowest BCUT2D eigenvalue weighted by Gasteiger charge is -2.33. The molecule has 2 aromatic carbocycles. The Labute approximate surface area is 186 Å². The number of ether oxygens (including phenoxy) is 1. The van der Waals surface area contributed by atoms with Gasteiger partial charge in [0.2, 0.25) is 0 Å². The third kappa shape index (κ3) is 4.42. The molecular weight excluding hydrogens is 409 g/mol. The van der Waals surface area contributed by atoms with Gasteiger partial charge in [-0.05, 0) is 62.1 Å². The fraction of sp³-hybridized carbons (Fsp3) is 0.320. The molecule has 0 radical (unpaired) electrons. The first-order valence-electron chi connectivity index (χ1n) is 10.7. The molecule has 0 spiro atoms. The van der Waals surface area contributed by atoms with Crippen molar-refractivity contribution in [1.82, 2.24) is 9.88 Å². The molecule has 166 valence electrons. The molecule has 3 aromatic rings. The Bertz CT molecular complexity index is 1170. The third-order valence-electron chi connectivity index (χ3n) is 5.98. The summed E-state index contributed by atoms with van der Waals surface area (Å²) in [6, 6.07) is 11.7. The maximum atomic E-state index is 13.6. The minimum atomic E-state index is -0.611. The Hall–Kier alpha value is -3.48. The van der Waals surface area contributed by atoms with Gasteiger partial charge in [-0.25, -0.2) is 4.39 Å². The number of hydrogen-bond donors (Lipinski definition) is 1. The van der Waals surface area contributed by atoms with Crippen molar-refractivity contribution in [2.24, 2.45) is 5.73 Å². The number of piperidine rings is 1. The average molecular weight is 435 g/mol. The predicted molar refractivity (Wildman–Crippen MR) is 120 cm³/mol. The summed E-state index contributed by atoms with van der Waals surface area (Å²) in [6.45, 7) is 4.90. The van der Waals surface area contributed by atoms with Crippen LogP contribution in [-0.4, -0.2) is 41.4 Å². The molecular formula is C25H26FN3O3. The number of fused-ring (bicyclic) bond motifs is 1. The van der Waals surface area contributed by atoms with Crippen LogP contribution in [-0.2, 0) is 4.79 Å². The summed E-state index contributed by atoms with van der Waals surface area (Å²) in [5, 5.41) is 0.522. The van der Waals surface area contributed by atoms with Gasteiger partial charge < -0.3 is 15.4 Å². The van der Waals surface area contributed by atoms with E-state index in [-0.39, 0.29) is 24.0 Å². The van der Waals surface area contributed by atoms with E-state index in [2.05, 4.69) is 4.98 Å². The van der Waals surface area contributed by atoms with Crippen LogP contribution in [0.3, 0.4) is 0 Å². The first kappa shape index (κ1) is 21.7. The summed E-state index contributed by atoms with van der Waals surface area (Å²) in [5.74, 6) is -0.527. The number of carbonyl (C=O) groups is 2. The SMILES string of the molecule is Cc1cccc(C)c1OCC(=O)N1CCC[C@@H](c2nc3ccc(F)cc3cc2C(N)=O)C1. The highest BCUT2D eigenvalue weighted by atomic mass is 19.1. The second kappa shape index (κ2) is 8.94. The Morgan fingerprint density at radius 3 is 2.66 bits per heavy atom. The molecule has 7 heteroatoms. The summed E-state index contributed by atoms with van der Waals surface area (Å²) in [6.07, 6.45) is 1.56. The molecule has 2 N–H and O–H groups in total. The van der Waals surface area contributed by atoms with Crippen LogP contribution in [0.2, 0.25) is 0 Å². The van der Waals surface area contributed by atoms with Crippen LogP contribution >= 0.6 is 0 Å². The van der Waals surface area contributed by atoms with Crippen LogP contribution in [0.25, 0.3) is 10.9 Å². The maximum Gasteiger partial charge on any atom is 0.260 e. The van der Waals surface area contributed by atoms with Gasteiger partial charge in [-0.15, -0.1) is 0 Å². The van der Waals surface area contributed by atoms with Gasteiger partial charge in [-0.1, -0.05) is 18.2 Å². The molecule has 1 aliphatic rings. The normalized spacial score (nSPS) is 16.2. The van der Waals surface area contributed by atoms with Crippen molar-refractivity contribution in [3.8, 4) is 5.75 Å². The van der Waals surface area contributed by atoms with Gasteiger partial charge in [0.15, 0.2) is 6.61 Å². The number of pyridine rings is 1. The number of amides is 2. The van der Waals surface area contributed by atoms with E-state index in [1.165, 1.54) is 12.1 Å². The first-order valence-corrected chi connectivity index (χ1v) is 10.7. The number of hydrogen-bond acceptors (Lipinski definition) is 4. The van der Waals surface area contributed by atoms with Crippen molar-refractivity contribution in [3.63, 3.8) is 0 Å². The van der Waals surface area contributed by atoms with Crippen LogP contribution in [0.1, 0.15) is 45.9 Å². The molecule has 0 saturated carbocycles. The molecule has 0 unspecified atom stereocenters. The molecule has 1 saturated heterocycles. The molecule has 2 heterocycles. The quantitative estimate of drug-likeness (QED) is 0.659. The van der Waals surface area contributed by atoms with Gasteiger partial charge in [-0.3, -0.25) is 14.6 Å². The van der Waals surface area contributed by atoms with Gasteiger partial charge in [0.25, 0.3) is 11.8 Å². The van der Waals surface area contributed by atoms with Crippen LogP contribution in [0, 0.1) is 19.7 Å². The topological polar surface area (TPSA) is 85.5 Å². The van der Waals surface area contributed by atoms with Crippen molar-refractivity contribution in [2.75, 3.05) is 19.7 Å². The van der Waals surface area contributed by atoms with E-state index in [4.69, 9.17) is 10.5 Å². The molecule has 4 rings (SSSR count). The van der Waals surface area contributed by atoms with E-state index in [0.717, 1.165) is 29.7 Å². The van der Waals surface area contributed by atoms with Crippen molar-refractivity contribution >= 4 is 22.7 Å². The van der Waals surface area contributed by atoms with Gasteiger partial charge in [0.1, 0.15) is 11.6 Å². The summed E-state index contributed by atoms with van der Waals surface area (Å²) >= 11 is 0. The lowest BCUT2D eigenvalue weighted by atomic mass is 9.90. The van der Waals surface area contributed by atoms with E-state index >= 15 is 0 Å². The number of primary amides is 1. The average Bonchev–Trinajstić information content (AvgIpc) is 2.77. The molecule has 1 aliphatic heterocycles. The lowest BCUT2D eigenvalue weighted by molar-refractivity contribution is -0.134. The third-order valence-corrected chi connectivity index (χ3v) is 5.98. The van der Waals surface area contributed by atoms with Gasteiger partial charge >= 0.3 is 0 Å². The monoisotopic (exact) mass is 435 g/mol. The van der Waals surface area contributed by atoms with Gasteiger partial charge in [-0.2, -0.15) is 0 Å². The molecule has 32 heavy (non-hydrogen) atoms. The Balaban J connectivity index is 1.54. The number of aryl methyl sites for hydroxylation is 2. The van der Waals surface area contributed by atoms with Gasteiger partial charge in [0.05, 0.1) is 16.8 Å². The highest BCUT2D eigenvalue weighted by Gasteiger charge is 2.29. The number of benzene rings is 2. The van der Waals surface area contributed by atoms with Gasteiger partial charge in [0, 0.05) is 24.4 Å². The van der Waals surface area contributed by atoms with E-state index in [1.54, 1.807) is 17.0 Å². The van der Waals surface area contributed by atoms with E-state index in [9.17, 15) is 14.0 Å². The zero-order valence-corrected chi connectivity index (χ0v) is 18.2.